The van der Waals surface area contributed by atoms with Crippen LogP contribution in [0.2, 0.25) is 0 Å². The molecule has 2 amide bonds. The van der Waals surface area contributed by atoms with Crippen LogP contribution in [0, 0.1) is 0 Å². The summed E-state index contributed by atoms with van der Waals surface area (Å²) >= 11 is 0. The van der Waals surface area contributed by atoms with Gasteiger partial charge in [0.05, 0.1) is 25.8 Å². The molecular weight excluding hydrogens is 334 g/mol. The third-order valence-electron chi connectivity index (χ3n) is 4.77. The smallest absolute Gasteiger partial charge is 0.253 e. The zero-order valence-corrected chi connectivity index (χ0v) is 15.4. The van der Waals surface area contributed by atoms with Gasteiger partial charge < -0.3 is 19.7 Å². The van der Waals surface area contributed by atoms with Gasteiger partial charge in [-0.3, -0.25) is 14.5 Å². The predicted molar refractivity (Wildman–Crippen MR) is 98.0 cm³/mol. The van der Waals surface area contributed by atoms with Crippen molar-refractivity contribution in [1.29, 1.82) is 0 Å². The summed E-state index contributed by atoms with van der Waals surface area (Å²) in [6.45, 7) is 2.39. The van der Waals surface area contributed by atoms with Gasteiger partial charge in [-0.2, -0.15) is 0 Å². The van der Waals surface area contributed by atoms with Crippen LogP contribution in [0.1, 0.15) is 29.6 Å². The van der Waals surface area contributed by atoms with Gasteiger partial charge in [0.2, 0.25) is 5.91 Å². The number of likely N-dealkylation sites (tertiary alicyclic amines) is 1. The fourth-order valence-electron chi connectivity index (χ4n) is 3.49. The van der Waals surface area contributed by atoms with Crippen LogP contribution < -0.4 is 5.32 Å². The first-order valence-electron chi connectivity index (χ1n) is 9.13. The predicted octanol–water partition coefficient (Wildman–Crippen LogP) is 1.55. The van der Waals surface area contributed by atoms with E-state index in [0.717, 1.165) is 25.8 Å². The zero-order chi connectivity index (χ0) is 18.5. The molecule has 1 N–H and O–H groups in total. The molecule has 0 unspecified atom stereocenters. The summed E-state index contributed by atoms with van der Waals surface area (Å²) in [4.78, 5) is 28.3. The number of piperidine rings is 1. The molecule has 0 radical (unpaired) electrons. The molecule has 0 saturated carbocycles. The van der Waals surface area contributed by atoms with E-state index in [4.69, 9.17) is 9.47 Å². The molecule has 2 fully saturated rings. The Bertz CT molecular complexity index is 643. The number of anilines is 1. The highest BCUT2D eigenvalue weighted by Crippen LogP contribution is 2.24. The van der Waals surface area contributed by atoms with E-state index in [1.165, 1.54) is 4.90 Å². The molecule has 0 aliphatic carbocycles. The summed E-state index contributed by atoms with van der Waals surface area (Å²) in [5.74, 6) is -0.183. The fourth-order valence-corrected chi connectivity index (χ4v) is 3.49. The average molecular weight is 361 g/mol. The van der Waals surface area contributed by atoms with Crippen molar-refractivity contribution < 1.29 is 19.1 Å². The van der Waals surface area contributed by atoms with Crippen molar-refractivity contribution in [1.82, 2.24) is 9.80 Å². The Balaban J connectivity index is 1.61. The van der Waals surface area contributed by atoms with Crippen molar-refractivity contribution in [2.45, 2.75) is 31.6 Å². The first kappa shape index (κ1) is 18.8. The fraction of sp³-hybridized carbons (Fsp3) is 0.579. The molecule has 2 aliphatic rings. The van der Waals surface area contributed by atoms with E-state index in [9.17, 15) is 9.59 Å². The zero-order valence-electron chi connectivity index (χ0n) is 15.4. The molecule has 26 heavy (non-hydrogen) atoms. The van der Waals surface area contributed by atoms with E-state index in [1.54, 1.807) is 38.4 Å². The van der Waals surface area contributed by atoms with Gasteiger partial charge in [0.25, 0.3) is 5.91 Å². The minimum absolute atomic E-state index is 0.0901. The number of nitrogens with zero attached hydrogens (tertiary/aromatic N) is 2. The lowest BCUT2D eigenvalue weighted by Gasteiger charge is -2.37. The van der Waals surface area contributed by atoms with Crippen LogP contribution in [0.15, 0.2) is 24.3 Å². The summed E-state index contributed by atoms with van der Waals surface area (Å²) in [5.41, 5.74) is 1.18. The Kier molecular flexibility index (Phi) is 6.24. The van der Waals surface area contributed by atoms with Gasteiger partial charge in [0, 0.05) is 25.3 Å². The van der Waals surface area contributed by atoms with Crippen LogP contribution in [0.4, 0.5) is 5.69 Å². The molecule has 1 aromatic carbocycles. The summed E-state index contributed by atoms with van der Waals surface area (Å²) in [5, 5.41) is 2.90. The van der Waals surface area contributed by atoms with Gasteiger partial charge in [0.15, 0.2) is 6.29 Å². The topological polar surface area (TPSA) is 71.1 Å². The number of carbonyl (C=O) groups excluding carboxylic acids is 2. The molecule has 142 valence electrons. The number of amides is 2. The van der Waals surface area contributed by atoms with Gasteiger partial charge >= 0.3 is 0 Å². The highest BCUT2D eigenvalue weighted by atomic mass is 16.7. The molecule has 7 nitrogen and oxygen atoms in total. The molecule has 2 aliphatic heterocycles. The van der Waals surface area contributed by atoms with E-state index in [0.29, 0.717) is 31.0 Å². The first-order valence-corrected chi connectivity index (χ1v) is 9.13. The van der Waals surface area contributed by atoms with Crippen LogP contribution in [0.3, 0.4) is 0 Å². The molecule has 0 aromatic heterocycles. The van der Waals surface area contributed by atoms with Gasteiger partial charge in [-0.1, -0.05) is 12.5 Å². The van der Waals surface area contributed by atoms with Crippen LogP contribution in [0.5, 0.6) is 0 Å². The maximum Gasteiger partial charge on any atom is 0.253 e. The molecule has 7 heteroatoms. The van der Waals surface area contributed by atoms with E-state index in [-0.39, 0.29) is 24.1 Å². The number of rotatable bonds is 5. The van der Waals surface area contributed by atoms with E-state index >= 15 is 0 Å². The minimum Gasteiger partial charge on any atom is -0.349 e. The van der Waals surface area contributed by atoms with Crippen molar-refractivity contribution in [2.75, 3.05) is 45.7 Å². The van der Waals surface area contributed by atoms with Crippen molar-refractivity contribution in [3.05, 3.63) is 29.8 Å². The summed E-state index contributed by atoms with van der Waals surface area (Å²) < 4.78 is 11.3. The third kappa shape index (κ3) is 4.60. The summed E-state index contributed by atoms with van der Waals surface area (Å²) in [6.07, 6.45) is 2.94. The van der Waals surface area contributed by atoms with E-state index in [2.05, 4.69) is 10.2 Å². The second-order valence-electron chi connectivity index (χ2n) is 6.97. The van der Waals surface area contributed by atoms with Crippen LogP contribution in [-0.4, -0.2) is 74.3 Å². The van der Waals surface area contributed by atoms with Crippen molar-refractivity contribution in [3.8, 4) is 0 Å². The Morgan fingerprint density at radius 2 is 2.00 bits per heavy atom. The summed E-state index contributed by atoms with van der Waals surface area (Å²) in [7, 11) is 3.41. The number of carbonyl (C=O) groups is 2. The van der Waals surface area contributed by atoms with Gasteiger partial charge in [-0.25, -0.2) is 0 Å². The molecule has 2 saturated heterocycles. The van der Waals surface area contributed by atoms with Crippen LogP contribution in [-0.2, 0) is 14.3 Å². The van der Waals surface area contributed by atoms with Crippen LogP contribution in [0.25, 0.3) is 0 Å². The Hall–Kier alpha value is -1.96. The maximum absolute atomic E-state index is 12.5. The number of ether oxygens (including phenoxy) is 2. The molecule has 0 bridgehead atoms. The number of hydrogen-bond donors (Lipinski definition) is 1. The number of benzene rings is 1. The highest BCUT2D eigenvalue weighted by Gasteiger charge is 2.34. The molecule has 0 spiro atoms. The van der Waals surface area contributed by atoms with Crippen molar-refractivity contribution in [2.24, 2.45) is 0 Å². The standard InChI is InChI=1S/C19H27N3O4/c1-21(2)18(24)14-6-5-7-15(12-14)20-17(23)13-22-9-4-3-8-16(22)19-25-10-11-26-19/h5-7,12,16,19H,3-4,8-11,13H2,1-2H3,(H,20,23)/t16-/m0/s1. The van der Waals surface area contributed by atoms with Gasteiger partial charge in [0.1, 0.15) is 0 Å². The SMILES string of the molecule is CN(C)C(=O)c1cccc(NC(=O)CN2CCCC[C@H]2C2OCCO2)c1. The molecule has 3 rings (SSSR count). The quantitative estimate of drug-likeness (QED) is 0.862. The van der Waals surface area contributed by atoms with Crippen molar-refractivity contribution in [3.63, 3.8) is 0 Å². The molecule has 1 aromatic rings. The Morgan fingerprint density at radius 3 is 2.73 bits per heavy atom. The van der Waals surface area contributed by atoms with Crippen molar-refractivity contribution >= 4 is 17.5 Å². The monoisotopic (exact) mass is 361 g/mol. The summed E-state index contributed by atoms with van der Waals surface area (Å²) in [6, 6.07) is 7.14. The Labute approximate surface area is 154 Å². The average Bonchev–Trinajstić information content (AvgIpc) is 3.16. The maximum atomic E-state index is 12.5. The van der Waals surface area contributed by atoms with Gasteiger partial charge in [-0.15, -0.1) is 0 Å². The molecule has 2 heterocycles. The van der Waals surface area contributed by atoms with E-state index in [1.807, 2.05) is 0 Å². The third-order valence-corrected chi connectivity index (χ3v) is 4.77. The second-order valence-corrected chi connectivity index (χ2v) is 6.97. The highest BCUT2D eigenvalue weighted by molar-refractivity contribution is 5.97. The Morgan fingerprint density at radius 1 is 1.23 bits per heavy atom. The lowest BCUT2D eigenvalue weighted by molar-refractivity contribution is -0.127. The van der Waals surface area contributed by atoms with E-state index < -0.39 is 0 Å². The lowest BCUT2D eigenvalue weighted by atomic mass is 10.0. The van der Waals surface area contributed by atoms with Gasteiger partial charge in [-0.05, 0) is 37.6 Å². The lowest BCUT2D eigenvalue weighted by Crippen LogP contribution is -2.50. The number of hydrogen-bond acceptors (Lipinski definition) is 5. The minimum atomic E-state index is -0.232. The molecule has 1 atom stereocenters. The molecular formula is C19H27N3O4. The largest absolute Gasteiger partial charge is 0.349 e. The van der Waals surface area contributed by atoms with Crippen LogP contribution >= 0.6 is 0 Å². The normalized spacial score (nSPS) is 21.5. The first-order chi connectivity index (χ1) is 12.5. The second kappa shape index (κ2) is 8.62. The number of nitrogens with one attached hydrogen (secondary N) is 1.